The summed E-state index contributed by atoms with van der Waals surface area (Å²) in [6, 6.07) is 3.72. The fourth-order valence-electron chi connectivity index (χ4n) is 1.45. The third kappa shape index (κ3) is 2.95. The molecule has 90 valence electrons. The summed E-state index contributed by atoms with van der Waals surface area (Å²) in [5.41, 5.74) is 1.04. The number of aryl methyl sites for hydroxylation is 1. The largest absolute Gasteiger partial charge is 0.304 e. The Bertz CT molecular complexity index is 520. The van der Waals surface area contributed by atoms with Crippen LogP contribution >= 0.6 is 27.3 Å². The molecule has 0 atom stereocenters. The maximum absolute atomic E-state index is 11.9. The molecule has 2 aromatic heterocycles. The molecule has 6 heteroatoms. The first-order chi connectivity index (χ1) is 8.20. The molecule has 0 aliphatic heterocycles. The fourth-order valence-corrected chi connectivity index (χ4v) is 2.90. The molecule has 0 radical (unpaired) electrons. The summed E-state index contributed by atoms with van der Waals surface area (Å²) in [6.07, 6.45) is 1.98. The molecule has 0 saturated carbocycles. The van der Waals surface area contributed by atoms with Gasteiger partial charge in [0.05, 0.1) is 0 Å². The van der Waals surface area contributed by atoms with Gasteiger partial charge in [-0.1, -0.05) is 13.3 Å². The van der Waals surface area contributed by atoms with Crippen molar-refractivity contribution in [2.75, 3.05) is 5.32 Å². The first kappa shape index (κ1) is 12.3. The second-order valence-electron chi connectivity index (χ2n) is 3.58. The first-order valence-electron chi connectivity index (χ1n) is 5.29. The summed E-state index contributed by atoms with van der Waals surface area (Å²) in [5, 5.41) is 11.6. The van der Waals surface area contributed by atoms with Crippen LogP contribution in [0.3, 0.4) is 0 Å². The third-order valence-corrected chi connectivity index (χ3v) is 4.05. The minimum atomic E-state index is -0.138. The van der Waals surface area contributed by atoms with Gasteiger partial charge in [0.2, 0.25) is 0 Å². The van der Waals surface area contributed by atoms with E-state index in [1.54, 1.807) is 0 Å². The number of aromatic nitrogens is 2. The van der Waals surface area contributed by atoms with Crippen LogP contribution in [0.2, 0.25) is 0 Å². The van der Waals surface area contributed by atoms with Crippen molar-refractivity contribution in [3.8, 4) is 0 Å². The number of amides is 1. The van der Waals surface area contributed by atoms with Crippen LogP contribution in [0, 0.1) is 0 Å². The van der Waals surface area contributed by atoms with E-state index in [4.69, 9.17) is 0 Å². The van der Waals surface area contributed by atoms with Gasteiger partial charge >= 0.3 is 0 Å². The molecule has 17 heavy (non-hydrogen) atoms. The average molecular weight is 314 g/mol. The molecule has 1 amide bonds. The molecule has 2 N–H and O–H groups in total. The maximum atomic E-state index is 11.9. The lowest BCUT2D eigenvalue weighted by atomic mass is 10.2. The Kier molecular flexibility index (Phi) is 3.96. The van der Waals surface area contributed by atoms with Crippen LogP contribution in [0.5, 0.6) is 0 Å². The number of H-pyrrole nitrogens is 1. The highest BCUT2D eigenvalue weighted by molar-refractivity contribution is 9.10. The van der Waals surface area contributed by atoms with Crippen LogP contribution in [0.1, 0.15) is 28.7 Å². The molecular formula is C11H12BrN3OS. The van der Waals surface area contributed by atoms with Gasteiger partial charge in [-0.25, -0.2) is 0 Å². The van der Waals surface area contributed by atoms with E-state index in [0.29, 0.717) is 10.7 Å². The molecule has 0 aliphatic carbocycles. The van der Waals surface area contributed by atoms with E-state index in [2.05, 4.69) is 38.4 Å². The number of anilines is 1. The van der Waals surface area contributed by atoms with Crippen LogP contribution < -0.4 is 5.32 Å². The van der Waals surface area contributed by atoms with Gasteiger partial charge in [-0.3, -0.25) is 9.89 Å². The summed E-state index contributed by atoms with van der Waals surface area (Å²) in [5.74, 6) is 0.431. The monoisotopic (exact) mass is 313 g/mol. The van der Waals surface area contributed by atoms with Crippen LogP contribution in [-0.4, -0.2) is 16.1 Å². The molecule has 0 aromatic carbocycles. The topological polar surface area (TPSA) is 57.8 Å². The lowest BCUT2D eigenvalue weighted by molar-refractivity contribution is 0.102. The number of halogens is 1. The summed E-state index contributed by atoms with van der Waals surface area (Å²) >= 11 is 4.73. The van der Waals surface area contributed by atoms with Crippen molar-refractivity contribution in [1.29, 1.82) is 0 Å². The number of nitrogens with one attached hydrogen (secondary N) is 2. The Morgan fingerprint density at radius 3 is 3.12 bits per heavy atom. The van der Waals surface area contributed by atoms with Gasteiger partial charge in [0.25, 0.3) is 5.91 Å². The molecule has 0 aliphatic rings. The molecular weight excluding hydrogens is 302 g/mol. The van der Waals surface area contributed by atoms with Crippen molar-refractivity contribution in [2.24, 2.45) is 0 Å². The number of thiophene rings is 1. The Hall–Kier alpha value is -1.14. The van der Waals surface area contributed by atoms with Gasteiger partial charge in [0, 0.05) is 16.2 Å². The Balaban J connectivity index is 2.05. The summed E-state index contributed by atoms with van der Waals surface area (Å²) < 4.78 is 0.810. The molecule has 2 rings (SSSR count). The zero-order chi connectivity index (χ0) is 12.3. The van der Waals surface area contributed by atoms with Crippen molar-refractivity contribution in [2.45, 2.75) is 19.8 Å². The second-order valence-corrected chi connectivity index (χ2v) is 5.35. The van der Waals surface area contributed by atoms with Gasteiger partial charge in [0.15, 0.2) is 5.82 Å². The fraction of sp³-hybridized carbons (Fsp3) is 0.273. The predicted octanol–water partition coefficient (Wildman–Crippen LogP) is 3.44. The highest BCUT2D eigenvalue weighted by atomic mass is 79.9. The van der Waals surface area contributed by atoms with Crippen LogP contribution in [0.4, 0.5) is 5.82 Å². The van der Waals surface area contributed by atoms with E-state index >= 15 is 0 Å². The zero-order valence-corrected chi connectivity index (χ0v) is 11.7. The van der Waals surface area contributed by atoms with Crippen molar-refractivity contribution in [3.63, 3.8) is 0 Å². The van der Waals surface area contributed by atoms with Crippen LogP contribution in [0.25, 0.3) is 0 Å². The lowest BCUT2D eigenvalue weighted by Gasteiger charge is -1.98. The molecule has 0 spiro atoms. The van der Waals surface area contributed by atoms with E-state index in [-0.39, 0.29) is 5.91 Å². The molecule has 0 saturated heterocycles. The van der Waals surface area contributed by atoms with Crippen LogP contribution in [0.15, 0.2) is 22.0 Å². The normalized spacial score (nSPS) is 10.5. The van der Waals surface area contributed by atoms with E-state index in [1.165, 1.54) is 11.3 Å². The number of rotatable bonds is 4. The van der Waals surface area contributed by atoms with Gasteiger partial charge in [0.1, 0.15) is 4.88 Å². The molecule has 2 aromatic rings. The number of aromatic amines is 1. The number of carbonyl (C=O) groups is 1. The first-order valence-corrected chi connectivity index (χ1v) is 6.96. The molecule has 2 heterocycles. The highest BCUT2D eigenvalue weighted by Crippen LogP contribution is 2.23. The van der Waals surface area contributed by atoms with Crippen molar-refractivity contribution in [3.05, 3.63) is 32.6 Å². The van der Waals surface area contributed by atoms with Crippen LogP contribution in [-0.2, 0) is 6.42 Å². The van der Waals surface area contributed by atoms with Gasteiger partial charge in [-0.15, -0.1) is 11.3 Å². The third-order valence-electron chi connectivity index (χ3n) is 2.22. The quantitative estimate of drug-likeness (QED) is 0.908. The molecule has 4 nitrogen and oxygen atoms in total. The number of carbonyl (C=O) groups excluding carboxylic acids is 1. The second kappa shape index (κ2) is 5.46. The number of hydrogen-bond acceptors (Lipinski definition) is 3. The molecule has 0 bridgehead atoms. The van der Waals surface area contributed by atoms with E-state index in [9.17, 15) is 4.79 Å². The van der Waals surface area contributed by atoms with E-state index in [0.717, 1.165) is 23.0 Å². The van der Waals surface area contributed by atoms with Crippen molar-refractivity contribution < 1.29 is 4.79 Å². The Morgan fingerprint density at radius 1 is 1.65 bits per heavy atom. The summed E-state index contributed by atoms with van der Waals surface area (Å²) in [7, 11) is 0. The number of hydrogen-bond donors (Lipinski definition) is 2. The number of nitrogens with zero attached hydrogens (tertiary/aromatic N) is 1. The predicted molar refractivity (Wildman–Crippen MR) is 72.6 cm³/mol. The minimum Gasteiger partial charge on any atom is -0.304 e. The smallest absolute Gasteiger partial charge is 0.268 e. The Labute approximate surface area is 112 Å². The average Bonchev–Trinajstić information content (AvgIpc) is 2.88. The van der Waals surface area contributed by atoms with Crippen molar-refractivity contribution in [1.82, 2.24) is 10.2 Å². The van der Waals surface area contributed by atoms with E-state index < -0.39 is 0 Å². The summed E-state index contributed by atoms with van der Waals surface area (Å²) in [4.78, 5) is 12.5. The SMILES string of the molecule is CCCc1cc(NC(=O)c2sccc2Br)n[nH]1. The Morgan fingerprint density at radius 2 is 2.47 bits per heavy atom. The minimum absolute atomic E-state index is 0.138. The van der Waals surface area contributed by atoms with Gasteiger partial charge in [-0.05, 0) is 33.8 Å². The van der Waals surface area contributed by atoms with Crippen molar-refractivity contribution >= 4 is 39.0 Å². The standard InChI is InChI=1S/C11H12BrN3OS/c1-2-3-7-6-9(15-14-7)13-11(16)10-8(12)4-5-17-10/h4-6H,2-3H2,1H3,(H2,13,14,15,16). The van der Waals surface area contributed by atoms with Gasteiger partial charge in [-0.2, -0.15) is 5.10 Å². The molecule has 0 unspecified atom stereocenters. The van der Waals surface area contributed by atoms with Gasteiger partial charge < -0.3 is 5.32 Å². The summed E-state index contributed by atoms with van der Waals surface area (Å²) in [6.45, 7) is 2.10. The molecule has 0 fully saturated rings. The highest BCUT2D eigenvalue weighted by Gasteiger charge is 2.12. The maximum Gasteiger partial charge on any atom is 0.268 e. The zero-order valence-electron chi connectivity index (χ0n) is 9.29. The van der Waals surface area contributed by atoms with E-state index in [1.807, 2.05) is 17.5 Å². The lowest BCUT2D eigenvalue weighted by Crippen LogP contribution is -2.10.